The molecule has 2 saturated heterocycles. The largest absolute Gasteiger partial charge is 0.337 e. The number of thioether (sulfide) groups is 1. The predicted octanol–water partition coefficient (Wildman–Crippen LogP) is 1.90. The van der Waals surface area contributed by atoms with Gasteiger partial charge in [-0.15, -0.1) is 0 Å². The summed E-state index contributed by atoms with van der Waals surface area (Å²) in [5.74, 6) is -1.76. The zero-order valence-corrected chi connectivity index (χ0v) is 16.8. The Balaban J connectivity index is 1.73. The fraction of sp³-hybridized carbons (Fsp3) is 0.389. The maximum Gasteiger partial charge on any atom is 0.294 e. The maximum absolute atomic E-state index is 13.8. The second kappa shape index (κ2) is 8.04. The first kappa shape index (κ1) is 20.5. The van der Waals surface area contributed by atoms with Crippen LogP contribution < -0.4 is 0 Å². The van der Waals surface area contributed by atoms with E-state index in [1.807, 2.05) is 0 Å². The molecule has 2 aliphatic heterocycles. The Kier molecular flexibility index (Phi) is 5.90. The van der Waals surface area contributed by atoms with Gasteiger partial charge >= 0.3 is 0 Å². The van der Waals surface area contributed by atoms with Gasteiger partial charge in [-0.05, 0) is 37.2 Å². The zero-order valence-electron chi connectivity index (χ0n) is 15.1. The highest BCUT2D eigenvalue weighted by Gasteiger charge is 2.39. The third kappa shape index (κ3) is 4.27. The number of carbonyl (C=O) groups is 3. The summed E-state index contributed by atoms with van der Waals surface area (Å²) in [6, 6.07) is 5.40. The van der Waals surface area contributed by atoms with Crippen molar-refractivity contribution < 1.29 is 27.2 Å². The van der Waals surface area contributed by atoms with Gasteiger partial charge in [-0.2, -0.15) is 0 Å². The highest BCUT2D eigenvalue weighted by atomic mass is 32.2. The van der Waals surface area contributed by atoms with Crippen LogP contribution in [0.25, 0.3) is 6.08 Å². The zero-order chi connectivity index (χ0) is 20.5. The molecule has 28 heavy (non-hydrogen) atoms. The number of carbonyl (C=O) groups excluding carboxylic acids is 3. The minimum absolute atomic E-state index is 0.0222. The van der Waals surface area contributed by atoms with Crippen LogP contribution in [0, 0.1) is 5.82 Å². The van der Waals surface area contributed by atoms with E-state index in [0.717, 1.165) is 4.90 Å². The van der Waals surface area contributed by atoms with Crippen molar-refractivity contribution in [3.8, 4) is 0 Å². The number of amides is 3. The average Bonchev–Trinajstić information content (AvgIpc) is 3.11. The molecule has 0 aliphatic carbocycles. The number of halogens is 1. The van der Waals surface area contributed by atoms with Crippen LogP contribution in [0.4, 0.5) is 9.18 Å². The van der Waals surface area contributed by atoms with Gasteiger partial charge in [0.1, 0.15) is 12.4 Å². The van der Waals surface area contributed by atoms with Crippen molar-refractivity contribution in [3.05, 3.63) is 40.6 Å². The molecule has 1 aromatic rings. The van der Waals surface area contributed by atoms with Gasteiger partial charge in [-0.25, -0.2) is 12.8 Å². The summed E-state index contributed by atoms with van der Waals surface area (Å²) in [5.41, 5.74) is 0.172. The molecule has 150 valence electrons. The summed E-state index contributed by atoms with van der Waals surface area (Å²) in [6.45, 7) is 1.53. The van der Waals surface area contributed by atoms with Crippen molar-refractivity contribution in [1.82, 2.24) is 9.80 Å². The van der Waals surface area contributed by atoms with Crippen LogP contribution in [-0.4, -0.2) is 65.9 Å². The molecule has 1 unspecified atom stereocenters. The number of nitrogens with zero attached hydrogens (tertiary/aromatic N) is 2. The van der Waals surface area contributed by atoms with Crippen molar-refractivity contribution in [2.75, 3.05) is 24.6 Å². The third-order valence-electron chi connectivity index (χ3n) is 4.67. The van der Waals surface area contributed by atoms with Gasteiger partial charge in [-0.1, -0.05) is 18.2 Å². The topological polar surface area (TPSA) is 91.8 Å². The molecule has 2 fully saturated rings. The van der Waals surface area contributed by atoms with Crippen LogP contribution in [0.5, 0.6) is 0 Å². The first-order chi connectivity index (χ1) is 13.2. The Morgan fingerprint density at radius 2 is 2.07 bits per heavy atom. The summed E-state index contributed by atoms with van der Waals surface area (Å²) in [6.07, 6.45) is 1.63. The molecule has 3 rings (SSSR count). The summed E-state index contributed by atoms with van der Waals surface area (Å²) in [7, 11) is -3.17. The van der Waals surface area contributed by atoms with Crippen molar-refractivity contribution >= 4 is 44.7 Å². The van der Waals surface area contributed by atoms with Crippen molar-refractivity contribution in [2.24, 2.45) is 0 Å². The summed E-state index contributed by atoms with van der Waals surface area (Å²) >= 11 is 0.644. The molecular formula is C18H19FN2O5S2. The molecule has 2 heterocycles. The molecule has 2 aliphatic rings. The molecule has 3 amide bonds. The van der Waals surface area contributed by atoms with E-state index in [0.29, 0.717) is 18.2 Å². The number of hydrogen-bond acceptors (Lipinski definition) is 6. The Bertz CT molecular complexity index is 960. The van der Waals surface area contributed by atoms with Crippen LogP contribution in [-0.2, 0) is 19.4 Å². The molecule has 0 N–H and O–H groups in total. The van der Waals surface area contributed by atoms with Crippen molar-refractivity contribution in [2.45, 2.75) is 19.4 Å². The summed E-state index contributed by atoms with van der Waals surface area (Å²) in [4.78, 5) is 39.6. The predicted molar refractivity (Wildman–Crippen MR) is 104 cm³/mol. The van der Waals surface area contributed by atoms with E-state index < -0.39 is 45.3 Å². The molecule has 1 atom stereocenters. The normalized spacial score (nSPS) is 22.9. The second-order valence-corrected chi connectivity index (χ2v) is 9.75. The summed E-state index contributed by atoms with van der Waals surface area (Å²) in [5, 5.41) is -0.615. The lowest BCUT2D eigenvalue weighted by atomic mass is 10.2. The number of hydrogen-bond donors (Lipinski definition) is 0. The molecule has 10 heteroatoms. The molecule has 0 aromatic heterocycles. The minimum Gasteiger partial charge on any atom is -0.337 e. The fourth-order valence-electron chi connectivity index (χ4n) is 3.26. The summed E-state index contributed by atoms with van der Waals surface area (Å²) < 4.78 is 37.1. The number of sulfone groups is 1. The van der Waals surface area contributed by atoms with Crippen LogP contribution in [0.1, 0.15) is 18.9 Å². The molecule has 1 aromatic carbocycles. The molecule has 0 spiro atoms. The Morgan fingerprint density at radius 3 is 2.68 bits per heavy atom. The van der Waals surface area contributed by atoms with Gasteiger partial charge in [0.15, 0.2) is 9.84 Å². The quantitative estimate of drug-likeness (QED) is 0.668. The first-order valence-electron chi connectivity index (χ1n) is 8.71. The molecular weight excluding hydrogens is 407 g/mol. The smallest absolute Gasteiger partial charge is 0.294 e. The number of rotatable bonds is 5. The monoisotopic (exact) mass is 426 g/mol. The van der Waals surface area contributed by atoms with Gasteiger partial charge in [0, 0.05) is 18.2 Å². The molecule has 7 nitrogen and oxygen atoms in total. The number of imide groups is 1. The van der Waals surface area contributed by atoms with Crippen LogP contribution in [0.15, 0.2) is 29.2 Å². The van der Waals surface area contributed by atoms with Gasteiger partial charge in [0.05, 0.1) is 16.4 Å². The van der Waals surface area contributed by atoms with Gasteiger partial charge < -0.3 is 4.90 Å². The third-order valence-corrected chi connectivity index (χ3v) is 7.33. The van der Waals surface area contributed by atoms with Gasteiger partial charge in [-0.3, -0.25) is 19.3 Å². The van der Waals surface area contributed by atoms with Gasteiger partial charge in [0.25, 0.3) is 11.1 Å². The van der Waals surface area contributed by atoms with E-state index in [4.69, 9.17) is 0 Å². The van der Waals surface area contributed by atoms with Crippen LogP contribution >= 0.6 is 11.8 Å². The van der Waals surface area contributed by atoms with E-state index in [-0.39, 0.29) is 28.5 Å². The average molecular weight is 426 g/mol. The minimum atomic E-state index is -3.17. The lowest BCUT2D eigenvalue weighted by Crippen LogP contribution is -2.47. The highest BCUT2D eigenvalue weighted by Crippen LogP contribution is 2.32. The molecule has 0 saturated carbocycles. The van der Waals surface area contributed by atoms with E-state index >= 15 is 0 Å². The Hall–Kier alpha value is -2.20. The van der Waals surface area contributed by atoms with Crippen LogP contribution in [0.3, 0.4) is 0 Å². The van der Waals surface area contributed by atoms with E-state index in [9.17, 15) is 27.2 Å². The van der Waals surface area contributed by atoms with E-state index in [1.54, 1.807) is 13.0 Å². The second-order valence-electron chi connectivity index (χ2n) is 6.53. The number of benzene rings is 1. The number of likely N-dealkylation sites (N-methyl/N-ethyl adjacent to an activating group) is 1. The highest BCUT2D eigenvalue weighted by molar-refractivity contribution is 8.18. The maximum atomic E-state index is 13.8. The van der Waals surface area contributed by atoms with E-state index in [1.165, 1.54) is 29.2 Å². The standard InChI is InChI=1S/C18H19FN2O5S2/c1-2-20(13-7-8-28(25,26)11-13)16(22)10-21-17(23)15(27-18(21)24)9-12-5-3-4-6-14(12)19/h3-6,9,13H,2,7-8,10-11H2,1H3/b15-9-. The molecule has 0 radical (unpaired) electrons. The SMILES string of the molecule is CCN(C(=O)CN1C(=O)S/C(=C\c2ccccc2F)C1=O)C1CCS(=O)(=O)C1. The van der Waals surface area contributed by atoms with Crippen molar-refractivity contribution in [3.63, 3.8) is 0 Å². The lowest BCUT2D eigenvalue weighted by molar-refractivity contribution is -0.137. The Morgan fingerprint density at radius 1 is 1.36 bits per heavy atom. The van der Waals surface area contributed by atoms with E-state index in [2.05, 4.69) is 0 Å². The lowest BCUT2D eigenvalue weighted by Gasteiger charge is -2.28. The van der Waals surface area contributed by atoms with Crippen molar-refractivity contribution in [1.29, 1.82) is 0 Å². The molecule has 0 bridgehead atoms. The van der Waals surface area contributed by atoms with Gasteiger partial charge in [0.2, 0.25) is 5.91 Å². The Labute approximate surface area is 166 Å². The first-order valence-corrected chi connectivity index (χ1v) is 11.4. The fourth-order valence-corrected chi connectivity index (χ4v) is 5.82. The van der Waals surface area contributed by atoms with Crippen LogP contribution in [0.2, 0.25) is 0 Å².